The first kappa shape index (κ1) is 17.0. The van der Waals surface area contributed by atoms with Crippen LogP contribution in [0.2, 0.25) is 0 Å². The molecule has 0 amide bonds. The van der Waals surface area contributed by atoms with Gasteiger partial charge < -0.3 is 9.64 Å². The van der Waals surface area contributed by atoms with Crippen LogP contribution in [0.1, 0.15) is 11.4 Å². The van der Waals surface area contributed by atoms with Crippen molar-refractivity contribution in [1.82, 2.24) is 24.1 Å². The Hall–Kier alpha value is -2.39. The fourth-order valence-electron chi connectivity index (χ4n) is 3.05. The van der Waals surface area contributed by atoms with Crippen LogP contribution in [0.15, 0.2) is 34.2 Å². The molecule has 1 saturated heterocycles. The molecule has 26 heavy (non-hydrogen) atoms. The summed E-state index contributed by atoms with van der Waals surface area (Å²) in [5.74, 6) is 1.41. The van der Waals surface area contributed by atoms with E-state index in [0.29, 0.717) is 24.6 Å². The molecule has 1 aliphatic rings. The van der Waals surface area contributed by atoms with Crippen molar-refractivity contribution in [2.75, 3.05) is 31.2 Å². The monoisotopic (exact) mass is 372 g/mol. The molecule has 0 spiro atoms. The van der Waals surface area contributed by atoms with Crippen LogP contribution in [-0.4, -0.2) is 50.5 Å². The van der Waals surface area contributed by atoms with Crippen LogP contribution in [0, 0.1) is 6.92 Å². The van der Waals surface area contributed by atoms with Crippen molar-refractivity contribution in [1.29, 1.82) is 0 Å². The zero-order valence-electron chi connectivity index (χ0n) is 14.8. The summed E-state index contributed by atoms with van der Waals surface area (Å²) in [4.78, 5) is 19.1. The van der Waals surface area contributed by atoms with Crippen LogP contribution >= 0.6 is 11.8 Å². The van der Waals surface area contributed by atoms with E-state index in [4.69, 9.17) is 4.74 Å². The highest BCUT2D eigenvalue weighted by Crippen LogP contribution is 2.23. The van der Waals surface area contributed by atoms with Crippen molar-refractivity contribution >= 4 is 23.4 Å². The van der Waals surface area contributed by atoms with E-state index >= 15 is 0 Å². The number of hydrogen-bond acceptors (Lipinski definition) is 7. The second-order valence-electron chi connectivity index (χ2n) is 6.18. The first-order valence-electron chi connectivity index (χ1n) is 8.46. The maximum Gasteiger partial charge on any atom is 0.258 e. The minimum atomic E-state index is -0.0596. The molecule has 1 fully saturated rings. The van der Waals surface area contributed by atoms with E-state index in [1.807, 2.05) is 36.7 Å². The number of aryl methyl sites for hydroxylation is 1. The van der Waals surface area contributed by atoms with Crippen molar-refractivity contribution in [2.24, 2.45) is 7.05 Å². The highest BCUT2D eigenvalue weighted by molar-refractivity contribution is 7.98. The Morgan fingerprint density at radius 1 is 1.23 bits per heavy atom. The number of rotatable bonds is 4. The van der Waals surface area contributed by atoms with Gasteiger partial charge in [-0.2, -0.15) is 0 Å². The molecule has 9 heteroatoms. The Morgan fingerprint density at radius 2 is 2.04 bits per heavy atom. The molecule has 4 rings (SSSR count). The van der Waals surface area contributed by atoms with Crippen molar-refractivity contribution < 1.29 is 4.74 Å². The second-order valence-corrected chi connectivity index (χ2v) is 7.12. The van der Waals surface area contributed by atoms with Crippen LogP contribution in [0.5, 0.6) is 0 Å². The van der Waals surface area contributed by atoms with E-state index in [1.165, 1.54) is 11.8 Å². The van der Waals surface area contributed by atoms with Crippen LogP contribution in [0.3, 0.4) is 0 Å². The Morgan fingerprint density at radius 3 is 2.85 bits per heavy atom. The predicted octanol–water partition coefficient (Wildman–Crippen LogP) is 1.26. The van der Waals surface area contributed by atoms with Crippen LogP contribution < -0.4 is 10.5 Å². The standard InChI is InChI=1S/C17H20N6O2S/c1-12-4-3-5-14-18-13(10-15(24)23(12)14)11-26-17-20-19-16(21(17)2)22-6-8-25-9-7-22/h3-5,10H,6-9,11H2,1-2H3. The summed E-state index contributed by atoms with van der Waals surface area (Å²) in [7, 11) is 1.96. The third-order valence-corrected chi connectivity index (χ3v) is 5.44. The van der Waals surface area contributed by atoms with Gasteiger partial charge in [-0.25, -0.2) is 4.98 Å². The Kier molecular flexibility index (Phi) is 4.64. The van der Waals surface area contributed by atoms with Crippen molar-refractivity contribution in [3.63, 3.8) is 0 Å². The molecule has 0 aliphatic carbocycles. The topological polar surface area (TPSA) is 77.5 Å². The molecule has 0 radical (unpaired) electrons. The maximum atomic E-state index is 12.4. The van der Waals surface area contributed by atoms with Gasteiger partial charge in [-0.05, 0) is 19.1 Å². The molecular weight excluding hydrogens is 352 g/mol. The van der Waals surface area contributed by atoms with Crippen LogP contribution in [-0.2, 0) is 17.5 Å². The van der Waals surface area contributed by atoms with Crippen LogP contribution in [0.25, 0.3) is 5.65 Å². The molecule has 3 aromatic rings. The van der Waals surface area contributed by atoms with E-state index < -0.39 is 0 Å². The first-order valence-corrected chi connectivity index (χ1v) is 9.45. The van der Waals surface area contributed by atoms with Gasteiger partial charge in [0.2, 0.25) is 5.95 Å². The summed E-state index contributed by atoms with van der Waals surface area (Å²) >= 11 is 1.53. The lowest BCUT2D eigenvalue weighted by atomic mass is 10.3. The Labute approximate surface area is 154 Å². The lowest BCUT2D eigenvalue weighted by Crippen LogP contribution is -2.37. The molecule has 0 bridgehead atoms. The highest BCUT2D eigenvalue weighted by Gasteiger charge is 2.18. The van der Waals surface area contributed by atoms with Crippen molar-refractivity contribution in [2.45, 2.75) is 17.8 Å². The molecule has 0 atom stereocenters. The molecule has 136 valence electrons. The van der Waals surface area contributed by atoms with Gasteiger partial charge in [0.05, 0.1) is 18.9 Å². The number of anilines is 1. The number of nitrogens with zero attached hydrogens (tertiary/aromatic N) is 6. The largest absolute Gasteiger partial charge is 0.378 e. The number of fused-ring (bicyclic) bond motifs is 1. The summed E-state index contributed by atoms with van der Waals surface area (Å²) in [6.45, 7) is 4.95. The smallest absolute Gasteiger partial charge is 0.258 e. The number of hydrogen-bond donors (Lipinski definition) is 0. The Bertz CT molecular complexity index is 993. The van der Waals surface area contributed by atoms with Gasteiger partial charge >= 0.3 is 0 Å². The van der Waals surface area contributed by atoms with Gasteiger partial charge in [0.15, 0.2) is 5.16 Å². The average molecular weight is 372 g/mol. The second kappa shape index (κ2) is 7.08. The Balaban J connectivity index is 1.53. The van der Waals surface area contributed by atoms with Gasteiger partial charge in [0, 0.05) is 37.7 Å². The molecular formula is C17H20N6O2S. The number of ether oxygens (including phenoxy) is 1. The molecule has 3 aromatic heterocycles. The normalized spacial score (nSPS) is 14.9. The third kappa shape index (κ3) is 3.19. The van der Waals surface area contributed by atoms with Crippen molar-refractivity contribution in [3.8, 4) is 0 Å². The molecule has 1 aliphatic heterocycles. The number of thioether (sulfide) groups is 1. The predicted molar refractivity (Wildman–Crippen MR) is 99.8 cm³/mol. The van der Waals surface area contributed by atoms with Gasteiger partial charge in [0.25, 0.3) is 5.56 Å². The zero-order chi connectivity index (χ0) is 18.1. The lowest BCUT2D eigenvalue weighted by molar-refractivity contribution is 0.121. The summed E-state index contributed by atoms with van der Waals surface area (Å²) in [5.41, 5.74) is 2.22. The zero-order valence-corrected chi connectivity index (χ0v) is 15.6. The summed E-state index contributed by atoms with van der Waals surface area (Å²) in [5, 5.41) is 9.40. The molecule has 4 heterocycles. The third-order valence-electron chi connectivity index (χ3n) is 4.39. The minimum Gasteiger partial charge on any atom is -0.378 e. The average Bonchev–Trinajstić information content (AvgIpc) is 3.01. The number of morpholine rings is 1. The fraction of sp³-hybridized carbons (Fsp3) is 0.412. The number of aromatic nitrogens is 5. The van der Waals surface area contributed by atoms with E-state index in [-0.39, 0.29) is 5.56 Å². The maximum absolute atomic E-state index is 12.4. The van der Waals surface area contributed by atoms with E-state index in [1.54, 1.807) is 10.5 Å². The summed E-state index contributed by atoms with van der Waals surface area (Å²) < 4.78 is 8.98. The van der Waals surface area contributed by atoms with Gasteiger partial charge in [-0.15, -0.1) is 10.2 Å². The molecule has 0 N–H and O–H groups in total. The molecule has 0 aromatic carbocycles. The van der Waals surface area contributed by atoms with Gasteiger partial charge in [-0.1, -0.05) is 17.8 Å². The quantitative estimate of drug-likeness (QED) is 0.638. The molecule has 0 saturated carbocycles. The van der Waals surface area contributed by atoms with E-state index in [2.05, 4.69) is 20.1 Å². The van der Waals surface area contributed by atoms with E-state index in [9.17, 15) is 4.79 Å². The molecule has 0 unspecified atom stereocenters. The van der Waals surface area contributed by atoms with Gasteiger partial charge in [0.1, 0.15) is 5.65 Å². The first-order chi connectivity index (χ1) is 12.6. The van der Waals surface area contributed by atoms with Gasteiger partial charge in [-0.3, -0.25) is 13.8 Å². The van der Waals surface area contributed by atoms with Crippen molar-refractivity contribution in [3.05, 3.63) is 46.0 Å². The molecule has 8 nitrogen and oxygen atoms in total. The SMILES string of the molecule is Cc1cccc2nc(CSc3nnc(N4CCOCC4)n3C)cc(=O)n12. The van der Waals surface area contributed by atoms with Crippen LogP contribution in [0.4, 0.5) is 5.95 Å². The lowest BCUT2D eigenvalue weighted by Gasteiger charge is -2.27. The number of pyridine rings is 1. The van der Waals surface area contributed by atoms with E-state index in [0.717, 1.165) is 35.6 Å². The highest BCUT2D eigenvalue weighted by atomic mass is 32.2. The summed E-state index contributed by atoms with van der Waals surface area (Å²) in [6, 6.07) is 7.25. The summed E-state index contributed by atoms with van der Waals surface area (Å²) in [6.07, 6.45) is 0. The fourth-order valence-corrected chi connectivity index (χ4v) is 3.85. The minimum absolute atomic E-state index is 0.0596.